The maximum absolute atomic E-state index is 12.7. The number of nitrogens with one attached hydrogen (secondary N) is 1. The first-order valence-corrected chi connectivity index (χ1v) is 9.99. The number of nitrogens with zero attached hydrogens (tertiary/aromatic N) is 2. The van der Waals surface area contributed by atoms with Crippen LogP contribution in [0.1, 0.15) is 61.0 Å². The Morgan fingerprint density at radius 3 is 2.88 bits per heavy atom. The van der Waals surface area contributed by atoms with Crippen molar-refractivity contribution in [2.24, 2.45) is 11.8 Å². The lowest BCUT2D eigenvalue weighted by Crippen LogP contribution is -2.39. The van der Waals surface area contributed by atoms with E-state index < -0.39 is 0 Å². The highest BCUT2D eigenvalue weighted by Crippen LogP contribution is 2.42. The van der Waals surface area contributed by atoms with Crippen LogP contribution in [0.3, 0.4) is 0 Å². The van der Waals surface area contributed by atoms with E-state index in [9.17, 15) is 9.59 Å². The molecular formula is C18H25N3O2S. The summed E-state index contributed by atoms with van der Waals surface area (Å²) in [6.45, 7) is 0.671. The van der Waals surface area contributed by atoms with Gasteiger partial charge in [-0.1, -0.05) is 19.3 Å². The van der Waals surface area contributed by atoms with E-state index in [2.05, 4.69) is 14.6 Å². The molecule has 2 aliphatic heterocycles. The van der Waals surface area contributed by atoms with Gasteiger partial charge in [0, 0.05) is 31.2 Å². The molecule has 3 fully saturated rings. The van der Waals surface area contributed by atoms with Crippen molar-refractivity contribution < 1.29 is 9.59 Å². The number of carbonyl (C=O) groups excluding carboxylic acids is 2. The highest BCUT2D eigenvalue weighted by atomic mass is 32.1. The van der Waals surface area contributed by atoms with Crippen LogP contribution >= 0.6 is 11.5 Å². The molecule has 0 radical (unpaired) electrons. The Hall–Kier alpha value is -1.43. The minimum Gasteiger partial charge on any atom is -0.351 e. The van der Waals surface area contributed by atoms with E-state index in [0.717, 1.165) is 38.0 Å². The molecule has 3 unspecified atom stereocenters. The molecule has 2 saturated heterocycles. The zero-order chi connectivity index (χ0) is 16.5. The topological polar surface area (TPSA) is 62.3 Å². The molecule has 1 aromatic heterocycles. The van der Waals surface area contributed by atoms with Crippen LogP contribution in [0.5, 0.6) is 0 Å². The first kappa shape index (κ1) is 16.1. The van der Waals surface area contributed by atoms with Gasteiger partial charge in [0.25, 0.3) is 5.91 Å². The van der Waals surface area contributed by atoms with Gasteiger partial charge in [-0.25, -0.2) is 4.37 Å². The second-order valence-electron chi connectivity index (χ2n) is 7.52. The summed E-state index contributed by atoms with van der Waals surface area (Å²) < 4.78 is 3.97. The van der Waals surface area contributed by atoms with Crippen molar-refractivity contribution in [2.45, 2.75) is 63.5 Å². The number of carbonyl (C=O) groups is 2. The van der Waals surface area contributed by atoms with Crippen LogP contribution in [0.25, 0.3) is 0 Å². The molecule has 130 valence electrons. The summed E-state index contributed by atoms with van der Waals surface area (Å²) in [6.07, 6.45) is 10.7. The van der Waals surface area contributed by atoms with Crippen LogP contribution < -0.4 is 5.32 Å². The van der Waals surface area contributed by atoms with Crippen molar-refractivity contribution in [1.82, 2.24) is 14.6 Å². The Bertz CT molecular complexity index is 599. The van der Waals surface area contributed by atoms with E-state index in [4.69, 9.17) is 0 Å². The van der Waals surface area contributed by atoms with Crippen LogP contribution in [-0.4, -0.2) is 39.7 Å². The van der Waals surface area contributed by atoms with Crippen LogP contribution in [0.15, 0.2) is 12.3 Å². The second kappa shape index (κ2) is 6.82. The Morgan fingerprint density at radius 1 is 1.29 bits per heavy atom. The monoisotopic (exact) mass is 347 g/mol. The summed E-state index contributed by atoms with van der Waals surface area (Å²) in [6, 6.07) is 2.50. The zero-order valence-electron chi connectivity index (χ0n) is 13.9. The number of aromatic nitrogens is 1. The minimum absolute atomic E-state index is 0.0388. The molecule has 1 aliphatic carbocycles. The summed E-state index contributed by atoms with van der Waals surface area (Å²) in [4.78, 5) is 27.6. The Kier molecular flexibility index (Phi) is 4.57. The lowest BCUT2D eigenvalue weighted by molar-refractivity contribution is -0.133. The van der Waals surface area contributed by atoms with Gasteiger partial charge in [0.1, 0.15) is 4.88 Å². The van der Waals surface area contributed by atoms with Crippen LogP contribution in [0, 0.1) is 11.8 Å². The van der Waals surface area contributed by atoms with Gasteiger partial charge < -0.3 is 10.2 Å². The number of hydrogen-bond donors (Lipinski definition) is 1. The van der Waals surface area contributed by atoms with Crippen molar-refractivity contribution in [2.75, 3.05) is 6.54 Å². The molecule has 1 aromatic rings. The third-order valence-corrected chi connectivity index (χ3v) is 6.88. The molecule has 3 atom stereocenters. The number of fused-ring (bicyclic) bond motifs is 2. The van der Waals surface area contributed by atoms with Gasteiger partial charge in [0.15, 0.2) is 0 Å². The van der Waals surface area contributed by atoms with Crippen molar-refractivity contribution in [3.63, 3.8) is 0 Å². The predicted octanol–water partition coefficient (Wildman–Crippen LogP) is 2.83. The van der Waals surface area contributed by atoms with Gasteiger partial charge in [0.05, 0.1) is 0 Å². The van der Waals surface area contributed by atoms with Crippen LogP contribution in [0.4, 0.5) is 0 Å². The molecule has 1 saturated carbocycles. The lowest BCUT2D eigenvalue weighted by atomic mass is 9.82. The first-order chi connectivity index (χ1) is 11.7. The summed E-state index contributed by atoms with van der Waals surface area (Å²) in [7, 11) is 0. The normalized spacial score (nSPS) is 28.8. The maximum atomic E-state index is 12.7. The average Bonchev–Trinajstić information content (AvgIpc) is 3.26. The van der Waals surface area contributed by atoms with E-state index in [-0.39, 0.29) is 5.91 Å². The largest absolute Gasteiger partial charge is 0.351 e. The van der Waals surface area contributed by atoms with E-state index in [1.165, 1.54) is 30.8 Å². The highest BCUT2D eigenvalue weighted by molar-refractivity contribution is 7.08. The Labute approximate surface area is 147 Å². The van der Waals surface area contributed by atoms with E-state index >= 15 is 0 Å². The molecule has 24 heavy (non-hydrogen) atoms. The molecule has 2 bridgehead atoms. The fraction of sp³-hybridized carbons (Fsp3) is 0.722. The number of amides is 2. The minimum atomic E-state index is -0.0388. The zero-order valence-corrected chi connectivity index (χ0v) is 14.8. The SMILES string of the molecule is O=C(NCC1CC2CCC1N2C(=O)CCC1CCC1)c1ccns1. The average molecular weight is 347 g/mol. The van der Waals surface area contributed by atoms with Crippen molar-refractivity contribution in [3.05, 3.63) is 17.1 Å². The molecular weight excluding hydrogens is 322 g/mol. The lowest BCUT2D eigenvalue weighted by Gasteiger charge is -2.28. The summed E-state index contributed by atoms with van der Waals surface area (Å²) >= 11 is 1.22. The van der Waals surface area contributed by atoms with Crippen LogP contribution in [-0.2, 0) is 4.79 Å². The Morgan fingerprint density at radius 2 is 2.17 bits per heavy atom. The standard InChI is InChI=1S/C18H25N3O2S/c22-17(7-4-12-2-1-3-12)21-14-5-6-15(21)13(10-14)11-19-18(23)16-8-9-20-24-16/h8-9,12-15H,1-7,10-11H2,(H,19,23). The van der Waals surface area contributed by atoms with Gasteiger partial charge in [-0.2, -0.15) is 0 Å². The number of rotatable bonds is 6. The number of hydrogen-bond acceptors (Lipinski definition) is 4. The smallest absolute Gasteiger partial charge is 0.262 e. The molecule has 0 spiro atoms. The molecule has 0 aromatic carbocycles. The van der Waals surface area contributed by atoms with E-state index in [1.807, 2.05) is 0 Å². The van der Waals surface area contributed by atoms with Gasteiger partial charge >= 0.3 is 0 Å². The molecule has 4 rings (SSSR count). The fourth-order valence-electron chi connectivity index (χ4n) is 4.60. The fourth-order valence-corrected chi connectivity index (χ4v) is 5.11. The van der Waals surface area contributed by atoms with Crippen LogP contribution in [0.2, 0.25) is 0 Å². The third-order valence-electron chi connectivity index (χ3n) is 6.13. The molecule has 6 heteroatoms. The van der Waals surface area contributed by atoms with Gasteiger partial charge in [-0.3, -0.25) is 9.59 Å². The van der Waals surface area contributed by atoms with E-state index in [0.29, 0.717) is 35.3 Å². The highest BCUT2D eigenvalue weighted by Gasteiger charge is 2.48. The molecule has 5 nitrogen and oxygen atoms in total. The van der Waals surface area contributed by atoms with Crippen molar-refractivity contribution >= 4 is 23.3 Å². The molecule has 2 amide bonds. The Balaban J connectivity index is 1.29. The van der Waals surface area contributed by atoms with Gasteiger partial charge in [0.2, 0.25) is 5.91 Å². The summed E-state index contributed by atoms with van der Waals surface area (Å²) in [5, 5.41) is 3.03. The quantitative estimate of drug-likeness (QED) is 0.861. The summed E-state index contributed by atoms with van der Waals surface area (Å²) in [5.41, 5.74) is 0. The molecule has 3 aliphatic rings. The van der Waals surface area contributed by atoms with Gasteiger partial charge in [-0.15, -0.1) is 0 Å². The van der Waals surface area contributed by atoms with Crippen molar-refractivity contribution in [1.29, 1.82) is 0 Å². The van der Waals surface area contributed by atoms with Gasteiger partial charge in [-0.05, 0) is 55.1 Å². The van der Waals surface area contributed by atoms with E-state index in [1.54, 1.807) is 12.3 Å². The summed E-state index contributed by atoms with van der Waals surface area (Å²) in [5.74, 6) is 1.52. The third kappa shape index (κ3) is 3.08. The molecule has 1 N–H and O–H groups in total. The maximum Gasteiger partial charge on any atom is 0.262 e. The van der Waals surface area contributed by atoms with Crippen molar-refractivity contribution in [3.8, 4) is 0 Å². The molecule has 3 heterocycles. The predicted molar refractivity (Wildman–Crippen MR) is 92.8 cm³/mol. The first-order valence-electron chi connectivity index (χ1n) is 9.22. The second-order valence-corrected chi connectivity index (χ2v) is 8.35.